The number of hydrogen-bond acceptors (Lipinski definition) is 4. The van der Waals surface area contributed by atoms with E-state index in [9.17, 15) is 18.0 Å². The smallest absolute Gasteiger partial charge is 0.344 e. The van der Waals surface area contributed by atoms with E-state index in [1.165, 1.54) is 18.5 Å². The second-order valence-corrected chi connectivity index (χ2v) is 5.10. The Balaban J connectivity index is 1.78. The maximum Gasteiger partial charge on any atom is 0.433 e. The number of carbonyl (C=O) groups excluding carboxylic acids is 1. The lowest BCUT2D eigenvalue weighted by atomic mass is 10.1. The van der Waals surface area contributed by atoms with Crippen molar-refractivity contribution in [1.29, 1.82) is 0 Å². The predicted octanol–water partition coefficient (Wildman–Crippen LogP) is 2.63. The van der Waals surface area contributed by atoms with E-state index in [1.807, 2.05) is 0 Å². The molecule has 9 heteroatoms. The highest BCUT2D eigenvalue weighted by Gasteiger charge is 2.32. The van der Waals surface area contributed by atoms with Gasteiger partial charge in [-0.25, -0.2) is 9.97 Å². The Hall–Kier alpha value is -2.97. The molecule has 24 heavy (non-hydrogen) atoms. The molecule has 124 valence electrons. The first-order valence-electron chi connectivity index (χ1n) is 6.98. The highest BCUT2D eigenvalue weighted by atomic mass is 19.4. The fourth-order valence-corrected chi connectivity index (χ4v) is 2.19. The van der Waals surface area contributed by atoms with Gasteiger partial charge in [-0.2, -0.15) is 13.2 Å². The molecule has 0 saturated heterocycles. The lowest BCUT2D eigenvalue weighted by molar-refractivity contribution is -0.141. The number of fused-ring (bicyclic) bond motifs is 1. The maximum absolute atomic E-state index is 12.5. The summed E-state index contributed by atoms with van der Waals surface area (Å²) in [7, 11) is 0. The van der Waals surface area contributed by atoms with Crippen LogP contribution in [0.4, 0.5) is 13.2 Å². The Morgan fingerprint density at radius 1 is 1.17 bits per heavy atom. The molecule has 1 amide bonds. The molecule has 3 aromatic rings. The van der Waals surface area contributed by atoms with Gasteiger partial charge in [-0.3, -0.25) is 9.78 Å². The molecule has 0 bridgehead atoms. The van der Waals surface area contributed by atoms with Crippen molar-refractivity contribution < 1.29 is 18.0 Å². The number of pyridine rings is 1. The first-order valence-corrected chi connectivity index (χ1v) is 6.98. The summed E-state index contributed by atoms with van der Waals surface area (Å²) in [5.74, 6) is -0.473. The van der Waals surface area contributed by atoms with Crippen LogP contribution in [0.5, 0.6) is 0 Å². The molecule has 3 aromatic heterocycles. The molecule has 0 aliphatic heterocycles. The van der Waals surface area contributed by atoms with Gasteiger partial charge in [0.1, 0.15) is 5.69 Å². The van der Waals surface area contributed by atoms with Crippen LogP contribution in [0.25, 0.3) is 5.65 Å². The van der Waals surface area contributed by atoms with Crippen molar-refractivity contribution in [3.8, 4) is 0 Å². The minimum atomic E-state index is -4.49. The van der Waals surface area contributed by atoms with Crippen LogP contribution in [0.15, 0.2) is 43.1 Å². The van der Waals surface area contributed by atoms with Gasteiger partial charge < -0.3 is 9.72 Å². The zero-order valence-electron chi connectivity index (χ0n) is 12.4. The number of nitrogens with one attached hydrogen (secondary N) is 1. The quantitative estimate of drug-likeness (QED) is 0.799. The van der Waals surface area contributed by atoms with Crippen molar-refractivity contribution in [1.82, 2.24) is 24.7 Å². The number of rotatable bonds is 3. The number of nitrogens with zero attached hydrogens (tertiary/aromatic N) is 4. The summed E-state index contributed by atoms with van der Waals surface area (Å²) in [6.07, 6.45) is 2.94. The zero-order valence-corrected chi connectivity index (χ0v) is 12.4. The van der Waals surface area contributed by atoms with E-state index in [1.54, 1.807) is 23.7 Å². The maximum atomic E-state index is 12.5. The van der Waals surface area contributed by atoms with Crippen molar-refractivity contribution in [3.05, 3.63) is 60.1 Å². The molecule has 0 radical (unpaired) electrons. The SMILES string of the molecule is C[C@H](NC(=O)c1nccn2ccnc12)c1ccc(C(F)(F)F)nc1. The molecule has 0 spiro atoms. The van der Waals surface area contributed by atoms with Gasteiger partial charge in [-0.1, -0.05) is 6.07 Å². The number of alkyl halides is 3. The summed E-state index contributed by atoms with van der Waals surface area (Å²) in [6, 6.07) is 1.62. The average Bonchev–Trinajstić information content (AvgIpc) is 3.02. The largest absolute Gasteiger partial charge is 0.433 e. The number of imidazole rings is 1. The fraction of sp³-hybridized carbons (Fsp3) is 0.200. The molecule has 3 heterocycles. The number of carbonyl (C=O) groups is 1. The second kappa shape index (κ2) is 5.91. The summed E-state index contributed by atoms with van der Waals surface area (Å²) < 4.78 is 39.2. The highest BCUT2D eigenvalue weighted by Crippen LogP contribution is 2.27. The summed E-state index contributed by atoms with van der Waals surface area (Å²) in [4.78, 5) is 23.8. The fourth-order valence-electron chi connectivity index (χ4n) is 2.19. The zero-order chi connectivity index (χ0) is 17.3. The van der Waals surface area contributed by atoms with Gasteiger partial charge in [-0.15, -0.1) is 0 Å². The lowest BCUT2D eigenvalue weighted by Crippen LogP contribution is -2.28. The summed E-state index contributed by atoms with van der Waals surface area (Å²) in [5, 5.41) is 2.68. The third-order valence-corrected chi connectivity index (χ3v) is 3.45. The molecule has 1 atom stereocenters. The van der Waals surface area contributed by atoms with Crippen LogP contribution < -0.4 is 5.32 Å². The van der Waals surface area contributed by atoms with Crippen LogP contribution in [0.2, 0.25) is 0 Å². The van der Waals surface area contributed by atoms with E-state index in [4.69, 9.17) is 0 Å². The summed E-state index contributed by atoms with van der Waals surface area (Å²) >= 11 is 0. The van der Waals surface area contributed by atoms with E-state index in [2.05, 4.69) is 20.3 Å². The van der Waals surface area contributed by atoms with Crippen molar-refractivity contribution in [2.45, 2.75) is 19.1 Å². The first-order chi connectivity index (χ1) is 11.4. The predicted molar refractivity (Wildman–Crippen MR) is 78.1 cm³/mol. The molecule has 0 aliphatic carbocycles. The van der Waals surface area contributed by atoms with Gasteiger partial charge in [0.2, 0.25) is 0 Å². The van der Waals surface area contributed by atoms with Gasteiger partial charge in [0, 0.05) is 31.0 Å². The van der Waals surface area contributed by atoms with Crippen LogP contribution in [-0.4, -0.2) is 25.3 Å². The van der Waals surface area contributed by atoms with Crippen LogP contribution >= 0.6 is 0 Å². The lowest BCUT2D eigenvalue weighted by Gasteiger charge is -2.14. The van der Waals surface area contributed by atoms with Crippen molar-refractivity contribution in [2.24, 2.45) is 0 Å². The summed E-state index contributed by atoms with van der Waals surface area (Å²) in [5.41, 5.74) is 0.00204. The standard InChI is InChI=1S/C15H12F3N5O/c1-9(10-2-3-11(21-8-10)15(16,17)18)22-14(24)12-13-20-5-7-23(13)6-4-19-12/h2-9H,1H3,(H,22,24)/t9-/m0/s1. The molecule has 6 nitrogen and oxygen atoms in total. The van der Waals surface area contributed by atoms with E-state index >= 15 is 0 Å². The molecule has 0 fully saturated rings. The first kappa shape index (κ1) is 15.9. The monoisotopic (exact) mass is 335 g/mol. The molecule has 0 saturated carbocycles. The Bertz CT molecular complexity index is 873. The van der Waals surface area contributed by atoms with Crippen LogP contribution in [0, 0.1) is 0 Å². The normalized spacial score (nSPS) is 13.0. The van der Waals surface area contributed by atoms with Crippen molar-refractivity contribution in [2.75, 3.05) is 0 Å². The third-order valence-electron chi connectivity index (χ3n) is 3.45. The highest BCUT2D eigenvalue weighted by molar-refractivity contribution is 5.97. The van der Waals surface area contributed by atoms with Crippen LogP contribution in [0.1, 0.15) is 34.7 Å². The Kier molecular flexibility index (Phi) is 3.92. The Morgan fingerprint density at radius 3 is 2.50 bits per heavy atom. The average molecular weight is 335 g/mol. The van der Waals surface area contributed by atoms with Gasteiger partial charge in [0.05, 0.1) is 6.04 Å². The van der Waals surface area contributed by atoms with E-state index < -0.39 is 23.8 Å². The van der Waals surface area contributed by atoms with Gasteiger partial charge in [-0.05, 0) is 18.6 Å². The van der Waals surface area contributed by atoms with Gasteiger partial charge in [0.15, 0.2) is 11.3 Å². The molecule has 0 aliphatic rings. The van der Waals surface area contributed by atoms with Crippen LogP contribution in [-0.2, 0) is 6.18 Å². The molecule has 0 aromatic carbocycles. The number of aromatic nitrogens is 4. The number of hydrogen-bond donors (Lipinski definition) is 1. The van der Waals surface area contributed by atoms with E-state index in [0.29, 0.717) is 11.2 Å². The van der Waals surface area contributed by atoms with Crippen LogP contribution in [0.3, 0.4) is 0 Å². The minimum absolute atomic E-state index is 0.134. The topological polar surface area (TPSA) is 72.2 Å². The molecule has 0 unspecified atom stereocenters. The van der Waals surface area contributed by atoms with Crippen molar-refractivity contribution in [3.63, 3.8) is 0 Å². The van der Waals surface area contributed by atoms with Crippen molar-refractivity contribution >= 4 is 11.6 Å². The molecular formula is C15H12F3N5O. The van der Waals surface area contributed by atoms with Gasteiger partial charge >= 0.3 is 6.18 Å². The summed E-state index contributed by atoms with van der Waals surface area (Å²) in [6.45, 7) is 1.65. The molecule has 1 N–H and O–H groups in total. The van der Waals surface area contributed by atoms with E-state index in [0.717, 1.165) is 12.3 Å². The second-order valence-electron chi connectivity index (χ2n) is 5.10. The minimum Gasteiger partial charge on any atom is -0.344 e. The third kappa shape index (κ3) is 3.05. The Morgan fingerprint density at radius 2 is 1.88 bits per heavy atom. The number of amides is 1. The van der Waals surface area contributed by atoms with E-state index in [-0.39, 0.29) is 5.69 Å². The van der Waals surface area contributed by atoms with Gasteiger partial charge in [0.25, 0.3) is 5.91 Å². The number of halogens is 3. The molecule has 3 rings (SSSR count). The Labute approximate surface area is 134 Å². The molecular weight excluding hydrogens is 323 g/mol.